The number of likely N-dealkylation sites (tertiary alicyclic amines) is 1. The second-order valence-corrected chi connectivity index (χ2v) is 5.45. The van der Waals surface area contributed by atoms with E-state index in [1.54, 1.807) is 4.90 Å². The molecule has 7 heteroatoms. The number of halogens is 3. The van der Waals surface area contributed by atoms with E-state index in [9.17, 15) is 18.0 Å². The molecule has 0 radical (unpaired) electrons. The van der Waals surface area contributed by atoms with Crippen LogP contribution in [0.25, 0.3) is 0 Å². The molecule has 2 heterocycles. The monoisotopic (exact) mass is 301 g/mol. The molecule has 1 fully saturated rings. The predicted molar refractivity (Wildman–Crippen MR) is 71.5 cm³/mol. The fraction of sp³-hybridized carbons (Fsp3) is 0.571. The van der Waals surface area contributed by atoms with E-state index in [0.717, 1.165) is 25.0 Å². The minimum absolute atomic E-state index is 0.0241. The molecule has 21 heavy (non-hydrogen) atoms. The molecule has 0 bridgehead atoms. The first kappa shape index (κ1) is 15.8. The Hall–Kier alpha value is -1.63. The Morgan fingerprint density at radius 1 is 1.48 bits per heavy atom. The van der Waals surface area contributed by atoms with Crippen molar-refractivity contribution >= 4 is 5.91 Å². The average molecular weight is 301 g/mol. The second-order valence-electron chi connectivity index (χ2n) is 5.45. The van der Waals surface area contributed by atoms with Gasteiger partial charge in [-0.15, -0.1) is 0 Å². The fourth-order valence-electron chi connectivity index (χ4n) is 2.58. The Morgan fingerprint density at radius 2 is 2.19 bits per heavy atom. The molecule has 0 spiro atoms. The van der Waals surface area contributed by atoms with Crippen molar-refractivity contribution in [2.45, 2.75) is 32.0 Å². The summed E-state index contributed by atoms with van der Waals surface area (Å²) in [7, 11) is 0. The van der Waals surface area contributed by atoms with Crippen molar-refractivity contribution in [1.29, 1.82) is 0 Å². The van der Waals surface area contributed by atoms with Gasteiger partial charge in [0.25, 0.3) is 5.91 Å². The van der Waals surface area contributed by atoms with Crippen LogP contribution in [0.1, 0.15) is 35.8 Å². The molecule has 0 aliphatic carbocycles. The number of alkyl halides is 3. The van der Waals surface area contributed by atoms with Crippen molar-refractivity contribution < 1.29 is 18.0 Å². The number of hydrogen-bond acceptors (Lipinski definition) is 3. The summed E-state index contributed by atoms with van der Waals surface area (Å²) in [6.07, 6.45) is -2.09. The van der Waals surface area contributed by atoms with Gasteiger partial charge in [0, 0.05) is 25.3 Å². The molecule has 0 aromatic carbocycles. The van der Waals surface area contributed by atoms with Gasteiger partial charge in [-0.2, -0.15) is 13.2 Å². The van der Waals surface area contributed by atoms with E-state index < -0.39 is 11.7 Å². The quantitative estimate of drug-likeness (QED) is 0.912. The lowest BCUT2D eigenvalue weighted by atomic mass is 9.92. The van der Waals surface area contributed by atoms with E-state index in [2.05, 4.69) is 11.9 Å². The molecule has 4 nitrogen and oxygen atoms in total. The average Bonchev–Trinajstić information content (AvgIpc) is 2.45. The first-order valence-corrected chi connectivity index (χ1v) is 6.87. The van der Waals surface area contributed by atoms with Crippen molar-refractivity contribution in [3.63, 3.8) is 0 Å². The standard InChI is InChI=1S/C14H18F3N3O/c1-9-4-5-20(11(6-9)7-18)13(21)12-3-2-10(8-19-12)14(15,16)17/h2-3,8-9,11H,4-7,18H2,1H3. The third-order valence-electron chi connectivity index (χ3n) is 3.82. The van der Waals surface area contributed by atoms with Crippen LogP contribution >= 0.6 is 0 Å². The van der Waals surface area contributed by atoms with E-state index in [4.69, 9.17) is 5.73 Å². The molecule has 1 aliphatic rings. The van der Waals surface area contributed by atoms with Gasteiger partial charge >= 0.3 is 6.18 Å². The third-order valence-corrected chi connectivity index (χ3v) is 3.82. The molecule has 116 valence electrons. The zero-order valence-electron chi connectivity index (χ0n) is 11.7. The number of rotatable bonds is 2. The topological polar surface area (TPSA) is 59.2 Å². The van der Waals surface area contributed by atoms with Crippen molar-refractivity contribution in [3.05, 3.63) is 29.6 Å². The zero-order valence-corrected chi connectivity index (χ0v) is 11.7. The Kier molecular flexibility index (Phi) is 4.51. The lowest BCUT2D eigenvalue weighted by molar-refractivity contribution is -0.137. The molecule has 2 N–H and O–H groups in total. The van der Waals surface area contributed by atoms with E-state index in [1.807, 2.05) is 0 Å². The van der Waals surface area contributed by atoms with Gasteiger partial charge in [-0.25, -0.2) is 0 Å². The number of amides is 1. The number of nitrogens with two attached hydrogens (primary N) is 1. The number of carbonyl (C=O) groups is 1. The molecule has 1 saturated heterocycles. The minimum atomic E-state index is -4.45. The molecule has 1 aliphatic heterocycles. The van der Waals surface area contributed by atoms with Gasteiger partial charge in [0.2, 0.25) is 0 Å². The van der Waals surface area contributed by atoms with Gasteiger partial charge in [-0.1, -0.05) is 6.92 Å². The van der Waals surface area contributed by atoms with Gasteiger partial charge in [0.05, 0.1) is 5.56 Å². The van der Waals surface area contributed by atoms with E-state index in [1.165, 1.54) is 0 Å². The van der Waals surface area contributed by atoms with Crippen LogP contribution in [-0.2, 0) is 6.18 Å². The minimum Gasteiger partial charge on any atom is -0.333 e. The maximum absolute atomic E-state index is 12.5. The van der Waals surface area contributed by atoms with Crippen LogP contribution in [0.5, 0.6) is 0 Å². The molecule has 2 unspecified atom stereocenters. The Bertz CT molecular complexity index is 501. The third kappa shape index (κ3) is 3.53. The largest absolute Gasteiger partial charge is 0.417 e. The highest BCUT2D eigenvalue weighted by Gasteiger charge is 2.33. The number of carbonyl (C=O) groups excluding carboxylic acids is 1. The molecular weight excluding hydrogens is 283 g/mol. The number of aromatic nitrogens is 1. The van der Waals surface area contributed by atoms with E-state index in [-0.39, 0.29) is 17.6 Å². The van der Waals surface area contributed by atoms with Crippen molar-refractivity contribution in [2.75, 3.05) is 13.1 Å². The first-order chi connectivity index (χ1) is 9.82. The van der Waals surface area contributed by atoms with Crippen LogP contribution in [0.3, 0.4) is 0 Å². The maximum Gasteiger partial charge on any atom is 0.417 e. The lowest BCUT2D eigenvalue weighted by Crippen LogP contribution is -2.49. The van der Waals surface area contributed by atoms with Crippen LogP contribution in [-0.4, -0.2) is 34.9 Å². The molecule has 0 saturated carbocycles. The molecule has 2 rings (SSSR count). The maximum atomic E-state index is 12.5. The van der Waals surface area contributed by atoms with Crippen LogP contribution in [0, 0.1) is 5.92 Å². The van der Waals surface area contributed by atoms with Crippen LogP contribution < -0.4 is 5.73 Å². The van der Waals surface area contributed by atoms with Gasteiger partial charge < -0.3 is 10.6 Å². The molecule has 2 atom stereocenters. The number of hydrogen-bond donors (Lipinski definition) is 1. The molecular formula is C14H18F3N3O. The lowest BCUT2D eigenvalue weighted by Gasteiger charge is -2.37. The number of piperidine rings is 1. The summed E-state index contributed by atoms with van der Waals surface area (Å²) in [5.74, 6) is 0.134. The zero-order chi connectivity index (χ0) is 15.6. The van der Waals surface area contributed by atoms with E-state index >= 15 is 0 Å². The summed E-state index contributed by atoms with van der Waals surface area (Å²) >= 11 is 0. The van der Waals surface area contributed by atoms with Crippen LogP contribution in [0.2, 0.25) is 0 Å². The normalized spacial score (nSPS) is 23.2. The summed E-state index contributed by atoms with van der Waals surface area (Å²) in [4.78, 5) is 17.6. The highest BCUT2D eigenvalue weighted by molar-refractivity contribution is 5.92. The Morgan fingerprint density at radius 3 is 2.71 bits per heavy atom. The first-order valence-electron chi connectivity index (χ1n) is 6.87. The van der Waals surface area contributed by atoms with Gasteiger partial charge in [-0.3, -0.25) is 9.78 Å². The molecule has 1 aromatic rings. The summed E-state index contributed by atoms with van der Waals surface area (Å²) in [5.41, 5.74) is 4.85. The SMILES string of the molecule is CC1CCN(C(=O)c2ccc(C(F)(F)F)cn2)C(CN)C1. The predicted octanol–water partition coefficient (Wildman–Crippen LogP) is 2.30. The number of pyridine rings is 1. The fourth-order valence-corrected chi connectivity index (χ4v) is 2.58. The van der Waals surface area contributed by atoms with Crippen molar-refractivity contribution in [1.82, 2.24) is 9.88 Å². The van der Waals surface area contributed by atoms with Gasteiger partial charge in [0.1, 0.15) is 5.69 Å². The number of nitrogens with zero attached hydrogens (tertiary/aromatic N) is 2. The van der Waals surface area contributed by atoms with E-state index in [0.29, 0.717) is 25.2 Å². The molecule has 1 amide bonds. The highest BCUT2D eigenvalue weighted by atomic mass is 19.4. The van der Waals surface area contributed by atoms with Crippen LogP contribution in [0.4, 0.5) is 13.2 Å². The van der Waals surface area contributed by atoms with Crippen molar-refractivity contribution in [3.8, 4) is 0 Å². The van der Waals surface area contributed by atoms with Crippen molar-refractivity contribution in [2.24, 2.45) is 11.7 Å². The second kappa shape index (κ2) is 6.01. The summed E-state index contributed by atoms with van der Waals surface area (Å²) in [6.45, 7) is 3.00. The Balaban J connectivity index is 2.16. The summed E-state index contributed by atoms with van der Waals surface area (Å²) in [5, 5.41) is 0. The molecule has 1 aromatic heterocycles. The Labute approximate surface area is 121 Å². The van der Waals surface area contributed by atoms with Gasteiger partial charge in [-0.05, 0) is 30.9 Å². The van der Waals surface area contributed by atoms with Gasteiger partial charge in [0.15, 0.2) is 0 Å². The van der Waals surface area contributed by atoms with Crippen LogP contribution in [0.15, 0.2) is 18.3 Å². The summed E-state index contributed by atoms with van der Waals surface area (Å²) in [6, 6.07) is 1.92. The highest BCUT2D eigenvalue weighted by Crippen LogP contribution is 2.29. The summed E-state index contributed by atoms with van der Waals surface area (Å²) < 4.78 is 37.4. The smallest absolute Gasteiger partial charge is 0.333 e.